The van der Waals surface area contributed by atoms with Gasteiger partial charge >= 0.3 is 5.97 Å². The van der Waals surface area contributed by atoms with E-state index in [2.05, 4.69) is 0 Å². The van der Waals surface area contributed by atoms with E-state index in [4.69, 9.17) is 5.11 Å². The van der Waals surface area contributed by atoms with Crippen LogP contribution in [0.5, 0.6) is 0 Å². The maximum atomic E-state index is 12.7. The molecule has 1 fully saturated rings. The Balaban J connectivity index is 1.96. The molecule has 25 heavy (non-hydrogen) atoms. The fourth-order valence-corrected chi connectivity index (χ4v) is 4.87. The van der Waals surface area contributed by atoms with Crippen LogP contribution in [0.3, 0.4) is 0 Å². The fraction of sp³-hybridized carbons (Fsp3) is 0.556. The first-order chi connectivity index (χ1) is 11.9. The van der Waals surface area contributed by atoms with Crippen molar-refractivity contribution in [2.24, 2.45) is 0 Å². The van der Waals surface area contributed by atoms with Crippen LogP contribution in [0.2, 0.25) is 0 Å². The predicted molar refractivity (Wildman–Crippen MR) is 95.0 cm³/mol. The van der Waals surface area contributed by atoms with Gasteiger partial charge in [-0.3, -0.25) is 9.59 Å². The number of benzene rings is 1. The van der Waals surface area contributed by atoms with Crippen molar-refractivity contribution in [2.45, 2.75) is 44.6 Å². The van der Waals surface area contributed by atoms with Crippen LogP contribution >= 0.6 is 0 Å². The van der Waals surface area contributed by atoms with Gasteiger partial charge in [-0.05, 0) is 24.8 Å². The Morgan fingerprint density at radius 1 is 1.12 bits per heavy atom. The van der Waals surface area contributed by atoms with E-state index in [-0.39, 0.29) is 36.3 Å². The topological polar surface area (TPSA) is 91.8 Å². The van der Waals surface area contributed by atoms with Crippen LogP contribution in [0.25, 0.3) is 0 Å². The van der Waals surface area contributed by atoms with Gasteiger partial charge in [-0.2, -0.15) is 0 Å². The summed E-state index contributed by atoms with van der Waals surface area (Å²) >= 11 is 0. The van der Waals surface area contributed by atoms with Crippen LogP contribution < -0.4 is 0 Å². The van der Waals surface area contributed by atoms with Gasteiger partial charge in [0.25, 0.3) is 0 Å². The zero-order valence-corrected chi connectivity index (χ0v) is 15.1. The van der Waals surface area contributed by atoms with Gasteiger partial charge < -0.3 is 10.0 Å². The molecule has 7 heteroatoms. The number of sulfone groups is 1. The minimum atomic E-state index is -3.06. The second-order valence-corrected chi connectivity index (χ2v) is 8.74. The Labute approximate surface area is 148 Å². The molecule has 0 bridgehead atoms. The number of unbranched alkanes of at least 4 members (excludes halogenated alkanes) is 2. The van der Waals surface area contributed by atoms with Crippen molar-refractivity contribution in [2.75, 3.05) is 18.1 Å². The SMILES string of the molecule is O=C(O)CCCCCN(C(=O)Cc1ccccc1)[C@@H]1CCS(=O)(=O)C1. The molecule has 1 heterocycles. The first-order valence-electron chi connectivity index (χ1n) is 8.63. The second kappa shape index (κ2) is 8.99. The molecule has 1 N–H and O–H groups in total. The van der Waals surface area contributed by atoms with Crippen LogP contribution in [0.4, 0.5) is 0 Å². The number of hydrogen-bond acceptors (Lipinski definition) is 4. The van der Waals surface area contributed by atoms with Crippen molar-refractivity contribution < 1.29 is 23.1 Å². The summed E-state index contributed by atoms with van der Waals surface area (Å²) in [5.74, 6) is -0.723. The van der Waals surface area contributed by atoms with Gasteiger partial charge in [-0.25, -0.2) is 8.42 Å². The molecule has 138 valence electrons. The predicted octanol–water partition coefficient (Wildman–Crippen LogP) is 1.89. The number of carbonyl (C=O) groups excluding carboxylic acids is 1. The van der Waals surface area contributed by atoms with Crippen LogP contribution in [-0.2, 0) is 25.8 Å². The maximum Gasteiger partial charge on any atom is 0.303 e. The van der Waals surface area contributed by atoms with E-state index in [1.807, 2.05) is 30.3 Å². The third kappa shape index (κ3) is 6.49. The van der Waals surface area contributed by atoms with Gasteiger partial charge in [0.1, 0.15) is 0 Å². The number of aliphatic carboxylic acids is 1. The van der Waals surface area contributed by atoms with Crippen molar-refractivity contribution in [1.29, 1.82) is 0 Å². The number of rotatable bonds is 9. The third-order valence-electron chi connectivity index (χ3n) is 4.46. The lowest BCUT2D eigenvalue weighted by atomic mass is 10.1. The van der Waals surface area contributed by atoms with Crippen molar-refractivity contribution in [3.8, 4) is 0 Å². The molecule has 0 saturated carbocycles. The molecule has 1 saturated heterocycles. The van der Waals surface area contributed by atoms with E-state index in [1.54, 1.807) is 4.90 Å². The quantitative estimate of drug-likeness (QED) is 0.673. The molecular formula is C18H25NO5S. The molecule has 1 aromatic carbocycles. The van der Waals surface area contributed by atoms with E-state index >= 15 is 0 Å². The van der Waals surface area contributed by atoms with E-state index in [0.29, 0.717) is 32.2 Å². The zero-order valence-electron chi connectivity index (χ0n) is 14.3. The molecule has 0 spiro atoms. The normalized spacial score (nSPS) is 18.8. The van der Waals surface area contributed by atoms with Gasteiger partial charge in [-0.1, -0.05) is 36.8 Å². The Morgan fingerprint density at radius 2 is 1.84 bits per heavy atom. The van der Waals surface area contributed by atoms with Crippen LogP contribution in [-0.4, -0.2) is 54.4 Å². The monoisotopic (exact) mass is 367 g/mol. The van der Waals surface area contributed by atoms with Gasteiger partial charge in [0.05, 0.1) is 17.9 Å². The van der Waals surface area contributed by atoms with Crippen LogP contribution in [0.15, 0.2) is 30.3 Å². The van der Waals surface area contributed by atoms with Crippen LogP contribution in [0, 0.1) is 0 Å². The average Bonchev–Trinajstić information content (AvgIpc) is 2.91. The summed E-state index contributed by atoms with van der Waals surface area (Å²) in [6.07, 6.45) is 2.82. The number of hydrogen-bond donors (Lipinski definition) is 1. The van der Waals surface area contributed by atoms with Crippen molar-refractivity contribution >= 4 is 21.7 Å². The van der Waals surface area contributed by atoms with Gasteiger partial charge in [-0.15, -0.1) is 0 Å². The number of carboxylic acid groups (broad SMARTS) is 1. The summed E-state index contributed by atoms with van der Waals surface area (Å²) < 4.78 is 23.5. The molecule has 0 radical (unpaired) electrons. The Kier molecular flexibility index (Phi) is 6.99. The van der Waals surface area contributed by atoms with Crippen molar-refractivity contribution in [3.63, 3.8) is 0 Å². The summed E-state index contributed by atoms with van der Waals surface area (Å²) in [4.78, 5) is 25.0. The zero-order chi connectivity index (χ0) is 18.3. The average molecular weight is 367 g/mol. The molecule has 0 aliphatic carbocycles. The molecule has 1 amide bonds. The van der Waals surface area contributed by atoms with E-state index in [0.717, 1.165) is 5.56 Å². The maximum absolute atomic E-state index is 12.7. The first-order valence-corrected chi connectivity index (χ1v) is 10.4. The fourth-order valence-electron chi connectivity index (χ4n) is 3.14. The minimum absolute atomic E-state index is 0.0304. The number of carbonyl (C=O) groups is 2. The molecule has 0 aromatic heterocycles. The van der Waals surface area contributed by atoms with Crippen molar-refractivity contribution in [3.05, 3.63) is 35.9 Å². The van der Waals surface area contributed by atoms with Crippen LogP contribution in [0.1, 0.15) is 37.7 Å². The number of nitrogens with zero attached hydrogens (tertiary/aromatic N) is 1. The highest BCUT2D eigenvalue weighted by atomic mass is 32.2. The second-order valence-electron chi connectivity index (χ2n) is 6.51. The van der Waals surface area contributed by atoms with Crippen molar-refractivity contribution in [1.82, 2.24) is 4.90 Å². The lowest BCUT2D eigenvalue weighted by Gasteiger charge is -2.28. The molecule has 0 unspecified atom stereocenters. The van der Waals surface area contributed by atoms with Gasteiger partial charge in [0, 0.05) is 19.0 Å². The Morgan fingerprint density at radius 3 is 2.44 bits per heavy atom. The summed E-state index contributed by atoms with van der Waals surface area (Å²) in [5, 5.41) is 8.67. The van der Waals surface area contributed by atoms with Gasteiger partial charge in [0.15, 0.2) is 9.84 Å². The van der Waals surface area contributed by atoms with E-state index in [9.17, 15) is 18.0 Å². The summed E-state index contributed by atoms with van der Waals surface area (Å²) in [7, 11) is -3.06. The number of carboxylic acids is 1. The molecule has 1 atom stereocenters. The van der Waals surface area contributed by atoms with Gasteiger partial charge in [0.2, 0.25) is 5.91 Å². The van der Waals surface area contributed by atoms with E-state index < -0.39 is 15.8 Å². The largest absolute Gasteiger partial charge is 0.481 e. The number of amides is 1. The molecule has 1 aliphatic heterocycles. The lowest BCUT2D eigenvalue weighted by Crippen LogP contribution is -2.42. The summed E-state index contributed by atoms with van der Waals surface area (Å²) in [5.41, 5.74) is 0.907. The standard InChI is InChI=1S/C18H25NO5S/c20-17(13-15-7-3-1-4-8-15)19(11-6-2-5-9-18(21)22)16-10-12-25(23,24)14-16/h1,3-4,7-8,16H,2,5-6,9-14H2,(H,21,22)/t16-/m1/s1. The lowest BCUT2D eigenvalue weighted by molar-refractivity contribution is -0.137. The first kappa shape index (κ1) is 19.4. The Bertz CT molecular complexity index is 687. The molecular weight excluding hydrogens is 342 g/mol. The highest BCUT2D eigenvalue weighted by Gasteiger charge is 2.34. The molecule has 1 aromatic rings. The summed E-state index contributed by atoms with van der Waals surface area (Å²) in [6.45, 7) is 0.478. The molecule has 2 rings (SSSR count). The highest BCUT2D eigenvalue weighted by Crippen LogP contribution is 2.20. The summed E-state index contributed by atoms with van der Waals surface area (Å²) in [6, 6.07) is 9.14. The van der Waals surface area contributed by atoms with E-state index in [1.165, 1.54) is 0 Å². The Hall–Kier alpha value is -1.89. The molecule has 1 aliphatic rings. The third-order valence-corrected chi connectivity index (χ3v) is 6.21. The highest BCUT2D eigenvalue weighted by molar-refractivity contribution is 7.91. The smallest absolute Gasteiger partial charge is 0.303 e. The molecule has 6 nitrogen and oxygen atoms in total. The minimum Gasteiger partial charge on any atom is -0.481 e.